The fourth-order valence-electron chi connectivity index (χ4n) is 2.16. The van der Waals surface area contributed by atoms with E-state index in [4.69, 9.17) is 5.73 Å². The van der Waals surface area contributed by atoms with Gasteiger partial charge in [-0.05, 0) is 38.8 Å². The molecule has 1 fully saturated rings. The van der Waals surface area contributed by atoms with Crippen LogP contribution in [0.15, 0.2) is 0 Å². The van der Waals surface area contributed by atoms with Gasteiger partial charge in [0.15, 0.2) is 0 Å². The Hall–Kier alpha value is -0.610. The van der Waals surface area contributed by atoms with E-state index >= 15 is 0 Å². The summed E-state index contributed by atoms with van der Waals surface area (Å²) in [6, 6.07) is -0.436. The van der Waals surface area contributed by atoms with Gasteiger partial charge in [-0.3, -0.25) is 4.79 Å². The Kier molecular flexibility index (Phi) is 5.05. The maximum atomic E-state index is 11.0. The maximum Gasteiger partial charge on any atom is 0.322 e. The lowest BCUT2D eigenvalue weighted by molar-refractivity contribution is -0.142. The van der Waals surface area contributed by atoms with Crippen LogP contribution in [0.5, 0.6) is 0 Å². The number of carbonyl (C=O) groups excluding carboxylic acids is 1. The van der Waals surface area contributed by atoms with Gasteiger partial charge in [0.2, 0.25) is 0 Å². The SMILES string of the molecule is COC(=O)C(N)CCCC1CCN(C)C1. The van der Waals surface area contributed by atoms with Crippen molar-refractivity contribution in [2.45, 2.75) is 31.7 Å². The van der Waals surface area contributed by atoms with E-state index in [1.807, 2.05) is 0 Å². The van der Waals surface area contributed by atoms with E-state index in [1.54, 1.807) is 0 Å². The average molecular weight is 214 g/mol. The summed E-state index contributed by atoms with van der Waals surface area (Å²) in [7, 11) is 3.54. The van der Waals surface area contributed by atoms with Crippen molar-refractivity contribution >= 4 is 5.97 Å². The zero-order valence-corrected chi connectivity index (χ0v) is 9.74. The highest BCUT2D eigenvalue weighted by atomic mass is 16.5. The third-order valence-corrected chi connectivity index (χ3v) is 3.12. The van der Waals surface area contributed by atoms with Gasteiger partial charge in [-0.1, -0.05) is 6.42 Å². The molecule has 2 N–H and O–H groups in total. The van der Waals surface area contributed by atoms with Gasteiger partial charge in [0.25, 0.3) is 0 Å². The third kappa shape index (κ3) is 4.18. The summed E-state index contributed by atoms with van der Waals surface area (Å²) in [6.45, 7) is 2.39. The third-order valence-electron chi connectivity index (χ3n) is 3.12. The van der Waals surface area contributed by atoms with Crippen LogP contribution in [0, 0.1) is 5.92 Å². The molecule has 0 radical (unpaired) electrons. The van der Waals surface area contributed by atoms with E-state index in [9.17, 15) is 4.79 Å². The van der Waals surface area contributed by atoms with Crippen LogP contribution < -0.4 is 5.73 Å². The van der Waals surface area contributed by atoms with Crippen molar-refractivity contribution in [3.05, 3.63) is 0 Å². The number of carbonyl (C=O) groups is 1. The summed E-state index contributed by atoms with van der Waals surface area (Å²) in [6.07, 6.45) is 4.22. The highest BCUT2D eigenvalue weighted by molar-refractivity contribution is 5.75. The molecule has 0 saturated carbocycles. The molecule has 0 aromatic heterocycles. The molecule has 0 spiro atoms. The quantitative estimate of drug-likeness (QED) is 0.681. The summed E-state index contributed by atoms with van der Waals surface area (Å²) in [5, 5.41) is 0. The molecule has 0 aromatic rings. The van der Waals surface area contributed by atoms with Crippen LogP contribution in [0.25, 0.3) is 0 Å². The second-order valence-corrected chi connectivity index (χ2v) is 4.48. The van der Waals surface area contributed by atoms with E-state index in [1.165, 1.54) is 33.0 Å². The molecule has 1 heterocycles. The molecule has 0 amide bonds. The molecule has 88 valence electrons. The van der Waals surface area contributed by atoms with Crippen molar-refractivity contribution in [3.8, 4) is 0 Å². The number of nitrogens with zero attached hydrogens (tertiary/aromatic N) is 1. The number of methoxy groups -OCH3 is 1. The van der Waals surface area contributed by atoms with Crippen LogP contribution in [-0.4, -0.2) is 44.2 Å². The summed E-state index contributed by atoms with van der Waals surface area (Å²) < 4.78 is 4.58. The fourth-order valence-corrected chi connectivity index (χ4v) is 2.16. The van der Waals surface area contributed by atoms with Crippen molar-refractivity contribution in [1.82, 2.24) is 4.90 Å². The Morgan fingerprint density at radius 3 is 2.93 bits per heavy atom. The molecule has 4 heteroatoms. The van der Waals surface area contributed by atoms with Gasteiger partial charge in [-0.2, -0.15) is 0 Å². The lowest BCUT2D eigenvalue weighted by Crippen LogP contribution is -2.31. The molecule has 1 aliphatic heterocycles. The molecular formula is C11H22N2O2. The predicted octanol–water partition coefficient (Wildman–Crippen LogP) is 0.609. The molecule has 2 unspecified atom stereocenters. The van der Waals surface area contributed by atoms with Crippen LogP contribution in [0.3, 0.4) is 0 Å². The van der Waals surface area contributed by atoms with Gasteiger partial charge >= 0.3 is 5.97 Å². The van der Waals surface area contributed by atoms with E-state index in [0.29, 0.717) is 0 Å². The molecule has 15 heavy (non-hydrogen) atoms. The van der Waals surface area contributed by atoms with Gasteiger partial charge in [0.05, 0.1) is 7.11 Å². The van der Waals surface area contributed by atoms with E-state index in [2.05, 4.69) is 16.7 Å². The van der Waals surface area contributed by atoms with Gasteiger partial charge in [0.1, 0.15) is 6.04 Å². The number of hydrogen-bond donors (Lipinski definition) is 1. The highest BCUT2D eigenvalue weighted by Crippen LogP contribution is 2.20. The first-order valence-electron chi connectivity index (χ1n) is 5.65. The normalized spacial score (nSPS) is 24.1. The second-order valence-electron chi connectivity index (χ2n) is 4.48. The zero-order chi connectivity index (χ0) is 11.3. The van der Waals surface area contributed by atoms with Crippen LogP contribution in [0.4, 0.5) is 0 Å². The Labute approximate surface area is 91.8 Å². The minimum absolute atomic E-state index is 0.293. The zero-order valence-electron chi connectivity index (χ0n) is 9.74. The summed E-state index contributed by atoms with van der Waals surface area (Å²) >= 11 is 0. The lowest BCUT2D eigenvalue weighted by atomic mass is 9.99. The largest absolute Gasteiger partial charge is 0.468 e. The van der Waals surface area contributed by atoms with Crippen molar-refractivity contribution in [2.24, 2.45) is 11.7 Å². The first kappa shape index (κ1) is 12.5. The molecule has 2 atom stereocenters. The van der Waals surface area contributed by atoms with Gasteiger partial charge < -0.3 is 15.4 Å². The number of hydrogen-bond acceptors (Lipinski definition) is 4. The minimum atomic E-state index is -0.436. The van der Waals surface area contributed by atoms with Crippen molar-refractivity contribution in [3.63, 3.8) is 0 Å². The Morgan fingerprint density at radius 1 is 1.67 bits per heavy atom. The predicted molar refractivity (Wildman–Crippen MR) is 59.4 cm³/mol. The number of rotatable bonds is 5. The summed E-state index contributed by atoms with van der Waals surface area (Å²) in [5.41, 5.74) is 5.65. The van der Waals surface area contributed by atoms with E-state index < -0.39 is 6.04 Å². The first-order valence-corrected chi connectivity index (χ1v) is 5.65. The molecule has 0 aliphatic carbocycles. The van der Waals surface area contributed by atoms with E-state index in [0.717, 1.165) is 18.8 Å². The molecule has 1 rings (SSSR count). The topological polar surface area (TPSA) is 55.6 Å². The fraction of sp³-hybridized carbons (Fsp3) is 0.909. The van der Waals surface area contributed by atoms with Crippen LogP contribution in [0.1, 0.15) is 25.7 Å². The van der Waals surface area contributed by atoms with Crippen LogP contribution >= 0.6 is 0 Å². The monoisotopic (exact) mass is 214 g/mol. The smallest absolute Gasteiger partial charge is 0.322 e. The first-order chi connectivity index (χ1) is 7.13. The molecular weight excluding hydrogens is 192 g/mol. The van der Waals surface area contributed by atoms with Gasteiger partial charge in [-0.15, -0.1) is 0 Å². The summed E-state index contributed by atoms with van der Waals surface area (Å²) in [5.74, 6) is 0.499. The molecule has 1 aliphatic rings. The average Bonchev–Trinajstić information content (AvgIpc) is 2.63. The maximum absolute atomic E-state index is 11.0. The lowest BCUT2D eigenvalue weighted by Gasteiger charge is -2.12. The second kappa shape index (κ2) is 6.08. The van der Waals surface area contributed by atoms with Crippen molar-refractivity contribution in [1.29, 1.82) is 0 Å². The Balaban J connectivity index is 2.08. The number of ether oxygens (including phenoxy) is 1. The van der Waals surface area contributed by atoms with Crippen LogP contribution in [-0.2, 0) is 9.53 Å². The Morgan fingerprint density at radius 2 is 2.40 bits per heavy atom. The standard InChI is InChI=1S/C11H22N2O2/c1-13-7-6-9(8-13)4-3-5-10(12)11(14)15-2/h9-10H,3-8,12H2,1-2H3. The number of esters is 1. The molecule has 0 bridgehead atoms. The Bertz CT molecular complexity index is 209. The molecule has 0 aromatic carbocycles. The number of likely N-dealkylation sites (tertiary alicyclic amines) is 1. The van der Waals surface area contributed by atoms with Gasteiger partial charge in [-0.25, -0.2) is 0 Å². The minimum Gasteiger partial charge on any atom is -0.468 e. The van der Waals surface area contributed by atoms with Crippen LogP contribution in [0.2, 0.25) is 0 Å². The molecule has 1 saturated heterocycles. The molecule has 4 nitrogen and oxygen atoms in total. The van der Waals surface area contributed by atoms with Crippen molar-refractivity contribution < 1.29 is 9.53 Å². The van der Waals surface area contributed by atoms with Gasteiger partial charge in [0, 0.05) is 6.54 Å². The highest BCUT2D eigenvalue weighted by Gasteiger charge is 2.20. The number of nitrogens with two attached hydrogens (primary N) is 1. The van der Waals surface area contributed by atoms with Crippen molar-refractivity contribution in [2.75, 3.05) is 27.2 Å². The van der Waals surface area contributed by atoms with E-state index in [-0.39, 0.29) is 5.97 Å². The summed E-state index contributed by atoms with van der Waals surface area (Å²) in [4.78, 5) is 13.4.